The Bertz CT molecular complexity index is 1110. The molecule has 1 fully saturated rings. The van der Waals surface area contributed by atoms with Crippen LogP contribution in [0.2, 0.25) is 0 Å². The van der Waals surface area contributed by atoms with Crippen molar-refractivity contribution < 1.29 is 0 Å². The van der Waals surface area contributed by atoms with Crippen molar-refractivity contribution in [2.45, 2.75) is 19.5 Å². The second-order valence-electron chi connectivity index (χ2n) is 8.47. The van der Waals surface area contributed by atoms with Crippen LogP contribution in [0.25, 0.3) is 0 Å². The van der Waals surface area contributed by atoms with Gasteiger partial charge in [-0.3, -0.25) is 4.98 Å². The van der Waals surface area contributed by atoms with Gasteiger partial charge in [0.25, 0.3) is 0 Å². The molecule has 33 heavy (non-hydrogen) atoms. The highest BCUT2D eigenvalue weighted by Gasteiger charge is 2.42. The fourth-order valence-corrected chi connectivity index (χ4v) is 7.52. The van der Waals surface area contributed by atoms with Gasteiger partial charge < -0.3 is 0 Å². The highest BCUT2D eigenvalue weighted by molar-refractivity contribution is 7.73. The molecule has 1 aromatic heterocycles. The molecular formula is C31H27NP. The molecule has 2 heteroatoms. The number of aryl methyl sites for hydroxylation is 2. The highest BCUT2D eigenvalue weighted by Crippen LogP contribution is 2.60. The summed E-state index contributed by atoms with van der Waals surface area (Å²) in [7, 11) is -0.700. The van der Waals surface area contributed by atoms with Crippen LogP contribution in [-0.2, 0) is 0 Å². The van der Waals surface area contributed by atoms with Gasteiger partial charge in [-0.05, 0) is 69.3 Å². The van der Waals surface area contributed by atoms with Crippen LogP contribution in [0.3, 0.4) is 0 Å². The maximum atomic E-state index is 4.71. The molecule has 3 aromatic carbocycles. The van der Waals surface area contributed by atoms with Crippen molar-refractivity contribution >= 4 is 18.5 Å². The normalized spacial score (nSPS) is 15.7. The molecule has 1 atom stereocenters. The number of nitrogens with zero attached hydrogens (tertiary/aromatic N) is 1. The molecule has 1 saturated carbocycles. The van der Waals surface area contributed by atoms with Crippen LogP contribution in [0, 0.1) is 44.9 Å². The van der Waals surface area contributed by atoms with Crippen molar-refractivity contribution in [1.82, 2.24) is 4.98 Å². The summed E-state index contributed by atoms with van der Waals surface area (Å²) >= 11 is 0. The van der Waals surface area contributed by atoms with Gasteiger partial charge in [0.2, 0.25) is 0 Å². The van der Waals surface area contributed by atoms with Crippen molar-refractivity contribution in [3.05, 3.63) is 157 Å². The van der Waals surface area contributed by atoms with E-state index in [0.717, 1.165) is 5.69 Å². The first kappa shape index (κ1) is 22.1. The van der Waals surface area contributed by atoms with E-state index in [1.807, 2.05) is 12.3 Å². The zero-order valence-electron chi connectivity index (χ0n) is 19.0. The third kappa shape index (κ3) is 4.80. The molecule has 0 aliphatic heterocycles. The number of benzene rings is 3. The number of hydrogen-bond donors (Lipinski definition) is 0. The third-order valence-corrected chi connectivity index (χ3v) is 8.77. The molecule has 1 heterocycles. The summed E-state index contributed by atoms with van der Waals surface area (Å²) in [6, 6.07) is 35.2. The average molecular weight is 445 g/mol. The molecule has 0 bridgehead atoms. The fourth-order valence-electron chi connectivity index (χ4n) is 4.69. The van der Waals surface area contributed by atoms with Crippen LogP contribution in [0.1, 0.15) is 28.0 Å². The molecule has 0 N–H and O–H groups in total. The molecule has 1 nitrogen and oxygen atoms in total. The lowest BCUT2D eigenvalue weighted by Gasteiger charge is -2.36. The third-order valence-electron chi connectivity index (χ3n) is 5.97. The Labute approximate surface area is 199 Å². The molecule has 5 radical (unpaired) electrons. The van der Waals surface area contributed by atoms with Gasteiger partial charge in [-0.25, -0.2) is 0 Å². The maximum Gasteiger partial charge on any atom is 0.0484 e. The minimum Gasteiger partial charge on any atom is -0.261 e. The van der Waals surface area contributed by atoms with E-state index in [1.165, 1.54) is 39.1 Å². The predicted octanol–water partition coefficient (Wildman–Crippen LogP) is 6.70. The van der Waals surface area contributed by atoms with Gasteiger partial charge in [0.05, 0.1) is 0 Å². The Balaban J connectivity index is 1.70. The average Bonchev–Trinajstić information content (AvgIpc) is 3.33. The van der Waals surface area contributed by atoms with Gasteiger partial charge in [0, 0.05) is 29.4 Å². The molecule has 161 valence electrons. The molecule has 0 spiro atoms. The Morgan fingerprint density at radius 1 is 0.667 bits per heavy atom. The molecule has 0 unspecified atom stereocenters. The Morgan fingerprint density at radius 2 is 1.27 bits per heavy atom. The first-order chi connectivity index (χ1) is 16.2. The molecule has 5 rings (SSSR count). The fraction of sp³-hybridized carbons (Fsp3) is 0.0968. The standard InChI is InChI=1S/C31H27NP/c1-23-20-24(2)22-25(21-23)31(29-17-11-16-28(29)30-18-9-10-19-32-30)33(26-12-5-3-6-13-26)27-14-7-4-8-15-27/h3-22,31H,1-2H3/t31-/m1/s1. The van der Waals surface area contributed by atoms with Crippen LogP contribution >= 0.6 is 7.92 Å². The van der Waals surface area contributed by atoms with Gasteiger partial charge in [0.1, 0.15) is 0 Å². The van der Waals surface area contributed by atoms with Crippen LogP contribution in [-0.4, -0.2) is 4.98 Å². The lowest BCUT2D eigenvalue weighted by atomic mass is 9.86. The van der Waals surface area contributed by atoms with Gasteiger partial charge in [0.15, 0.2) is 0 Å². The summed E-state index contributed by atoms with van der Waals surface area (Å²) in [5, 5.41) is 2.77. The second-order valence-corrected chi connectivity index (χ2v) is 10.8. The van der Waals surface area contributed by atoms with E-state index < -0.39 is 7.92 Å². The van der Waals surface area contributed by atoms with Crippen molar-refractivity contribution in [2.75, 3.05) is 0 Å². The van der Waals surface area contributed by atoms with E-state index in [4.69, 9.17) is 4.98 Å². The van der Waals surface area contributed by atoms with Crippen molar-refractivity contribution in [3.63, 3.8) is 0 Å². The monoisotopic (exact) mass is 444 g/mol. The Morgan fingerprint density at radius 3 is 1.85 bits per heavy atom. The molecular weight excluding hydrogens is 417 g/mol. The van der Waals surface area contributed by atoms with E-state index in [1.54, 1.807) is 0 Å². The Hall–Kier alpha value is -2.76. The molecule has 4 aromatic rings. The summed E-state index contributed by atoms with van der Waals surface area (Å²) < 4.78 is 0. The predicted molar refractivity (Wildman–Crippen MR) is 140 cm³/mol. The summed E-state index contributed by atoms with van der Waals surface area (Å²) in [5.41, 5.74) is 5.22. The van der Waals surface area contributed by atoms with Crippen molar-refractivity contribution in [1.29, 1.82) is 0 Å². The van der Waals surface area contributed by atoms with E-state index in [0.29, 0.717) is 0 Å². The largest absolute Gasteiger partial charge is 0.261 e. The topological polar surface area (TPSA) is 12.9 Å². The number of aromatic nitrogens is 1. The van der Waals surface area contributed by atoms with E-state index in [9.17, 15) is 0 Å². The van der Waals surface area contributed by atoms with Crippen LogP contribution in [0.15, 0.2) is 103 Å². The Kier molecular flexibility index (Phi) is 6.70. The van der Waals surface area contributed by atoms with Gasteiger partial charge in [-0.1, -0.05) is 96.1 Å². The minimum atomic E-state index is -0.700. The first-order valence-corrected chi connectivity index (χ1v) is 12.8. The quantitative estimate of drug-likeness (QED) is 0.302. The number of hydrogen-bond acceptors (Lipinski definition) is 1. The molecule has 0 saturated heterocycles. The lowest BCUT2D eigenvalue weighted by Crippen LogP contribution is -2.24. The van der Waals surface area contributed by atoms with Crippen molar-refractivity contribution in [3.8, 4) is 0 Å². The van der Waals surface area contributed by atoms with Gasteiger partial charge >= 0.3 is 0 Å². The lowest BCUT2D eigenvalue weighted by molar-refractivity contribution is 0.928. The number of pyridine rings is 1. The van der Waals surface area contributed by atoms with E-state index in [-0.39, 0.29) is 5.66 Å². The van der Waals surface area contributed by atoms with Gasteiger partial charge in [-0.15, -0.1) is 0 Å². The van der Waals surface area contributed by atoms with E-state index >= 15 is 0 Å². The van der Waals surface area contributed by atoms with E-state index in [2.05, 4.69) is 124 Å². The number of rotatable bonds is 6. The molecule has 1 aliphatic carbocycles. The van der Waals surface area contributed by atoms with Crippen LogP contribution in [0.4, 0.5) is 0 Å². The minimum absolute atomic E-state index is 0.218. The zero-order chi connectivity index (χ0) is 22.6. The second kappa shape index (κ2) is 10.0. The van der Waals surface area contributed by atoms with Crippen LogP contribution in [0.5, 0.6) is 0 Å². The zero-order valence-corrected chi connectivity index (χ0v) is 19.9. The first-order valence-electron chi connectivity index (χ1n) is 11.4. The van der Waals surface area contributed by atoms with Crippen molar-refractivity contribution in [2.24, 2.45) is 0 Å². The highest BCUT2D eigenvalue weighted by atomic mass is 31.1. The molecule has 1 aliphatic rings. The SMILES string of the molecule is Cc1cc(C)cc([C@H]([C]2[CH][CH][CH][C]2c2ccccn2)P(c2ccccc2)c2ccccc2)c1. The summed E-state index contributed by atoms with van der Waals surface area (Å²) in [6.07, 6.45) is 8.58. The smallest absolute Gasteiger partial charge is 0.0484 e. The summed E-state index contributed by atoms with van der Waals surface area (Å²) in [6.45, 7) is 4.40. The molecule has 0 amide bonds. The summed E-state index contributed by atoms with van der Waals surface area (Å²) in [5.74, 6) is 2.57. The van der Waals surface area contributed by atoms with Crippen LogP contribution < -0.4 is 10.6 Å². The maximum absolute atomic E-state index is 4.71. The van der Waals surface area contributed by atoms with Gasteiger partial charge in [-0.2, -0.15) is 0 Å². The summed E-state index contributed by atoms with van der Waals surface area (Å²) in [4.78, 5) is 4.71.